The first-order chi connectivity index (χ1) is 14.7. The summed E-state index contributed by atoms with van der Waals surface area (Å²) in [5.41, 5.74) is 1.83. The lowest BCUT2D eigenvalue weighted by molar-refractivity contribution is 0.0951. The van der Waals surface area contributed by atoms with Gasteiger partial charge in [0.25, 0.3) is 16.0 Å². The number of hydrogen-bond donors (Lipinski definition) is 2. The maximum absolute atomic E-state index is 12.8. The van der Waals surface area contributed by atoms with Gasteiger partial charge in [-0.1, -0.05) is 6.07 Å². The van der Waals surface area contributed by atoms with Gasteiger partial charge in [-0.2, -0.15) is 13.7 Å². The highest BCUT2D eigenvalue weighted by atomic mass is 32.2. The van der Waals surface area contributed by atoms with Crippen molar-refractivity contribution in [1.82, 2.24) is 5.32 Å². The van der Waals surface area contributed by atoms with E-state index in [1.54, 1.807) is 37.3 Å². The number of hydrogen-bond acceptors (Lipinski definition) is 8. The molecule has 2 N–H and O–H groups in total. The fourth-order valence-corrected chi connectivity index (χ4v) is 3.18. The highest BCUT2D eigenvalue weighted by molar-refractivity contribution is 7.85. The molecular weight excluding hydrogens is 422 g/mol. The Bertz CT molecular complexity index is 1080. The third-order valence-electron chi connectivity index (χ3n) is 4.23. The number of carbonyl (C=O) groups excluding carboxylic acids is 1. The zero-order chi connectivity index (χ0) is 23.0. The molecule has 2 rings (SSSR count). The topological polar surface area (TPSA) is 127 Å². The van der Waals surface area contributed by atoms with Crippen LogP contribution in [0.1, 0.15) is 28.4 Å². The van der Waals surface area contributed by atoms with Gasteiger partial charge in [-0.15, -0.1) is 0 Å². The second-order valence-corrected chi connectivity index (χ2v) is 8.42. The van der Waals surface area contributed by atoms with Crippen LogP contribution in [-0.4, -0.2) is 47.4 Å². The molecule has 1 unspecified atom stereocenters. The van der Waals surface area contributed by atoms with Crippen molar-refractivity contribution in [3.05, 3.63) is 53.1 Å². The summed E-state index contributed by atoms with van der Waals surface area (Å²) in [5.74, 6) is 0.726. The minimum Gasteiger partial charge on any atom is -0.493 e. The summed E-state index contributed by atoms with van der Waals surface area (Å²) >= 11 is 0. The molecule has 0 saturated heterocycles. The van der Waals surface area contributed by atoms with Gasteiger partial charge in [-0.25, -0.2) is 0 Å². The van der Waals surface area contributed by atoms with Gasteiger partial charge in [0, 0.05) is 18.3 Å². The third kappa shape index (κ3) is 7.16. The van der Waals surface area contributed by atoms with Gasteiger partial charge in [0.05, 0.1) is 44.3 Å². The van der Waals surface area contributed by atoms with Crippen LogP contribution >= 0.6 is 0 Å². The second kappa shape index (κ2) is 10.7. The molecular formula is C21H25N3O6S. The predicted molar refractivity (Wildman–Crippen MR) is 116 cm³/mol. The molecule has 0 heterocycles. The molecule has 1 amide bonds. The predicted octanol–water partition coefficient (Wildman–Crippen LogP) is 2.28. The number of nitrogens with one attached hydrogen (secondary N) is 2. The van der Waals surface area contributed by atoms with E-state index in [0.29, 0.717) is 22.7 Å². The van der Waals surface area contributed by atoms with Crippen molar-refractivity contribution >= 4 is 21.7 Å². The summed E-state index contributed by atoms with van der Waals surface area (Å²) in [4.78, 5) is 12.8. The molecule has 0 aliphatic heterocycles. The van der Waals surface area contributed by atoms with E-state index in [1.807, 2.05) is 6.07 Å². The van der Waals surface area contributed by atoms with E-state index in [4.69, 9.17) is 13.7 Å². The number of rotatable bonds is 10. The first kappa shape index (κ1) is 24.0. The first-order valence-corrected chi connectivity index (χ1v) is 11.1. The average molecular weight is 448 g/mol. The summed E-state index contributed by atoms with van der Waals surface area (Å²) in [6.07, 6.45) is 0.967. The SMILES string of the molecule is COc1ccc(CNC(=O)c2cc(C#N)ccc2NC(C)COS(C)(=O)=O)cc1OC. The van der Waals surface area contributed by atoms with Crippen molar-refractivity contribution < 1.29 is 26.9 Å². The molecule has 0 aromatic heterocycles. The lowest BCUT2D eigenvalue weighted by Crippen LogP contribution is -2.27. The Balaban J connectivity index is 2.16. The molecule has 0 aliphatic rings. The van der Waals surface area contributed by atoms with Gasteiger partial charge >= 0.3 is 0 Å². The van der Waals surface area contributed by atoms with Crippen LogP contribution in [0.4, 0.5) is 5.69 Å². The van der Waals surface area contributed by atoms with E-state index >= 15 is 0 Å². The molecule has 31 heavy (non-hydrogen) atoms. The van der Waals surface area contributed by atoms with E-state index in [0.717, 1.165) is 11.8 Å². The number of carbonyl (C=O) groups is 1. The van der Waals surface area contributed by atoms with Crippen molar-refractivity contribution in [3.63, 3.8) is 0 Å². The fourth-order valence-electron chi connectivity index (χ4n) is 2.73. The van der Waals surface area contributed by atoms with E-state index in [2.05, 4.69) is 10.6 Å². The van der Waals surface area contributed by atoms with E-state index in [-0.39, 0.29) is 18.7 Å². The minimum absolute atomic E-state index is 0.106. The normalized spacial score (nSPS) is 11.8. The standard InChI is InChI=1S/C21H25N3O6S/c1-14(13-30-31(4,26)27)24-18-7-5-15(11-22)9-17(18)21(25)23-12-16-6-8-19(28-2)20(10-16)29-3/h5-10,14,24H,12-13H2,1-4H3,(H,23,25). The number of nitrogens with zero attached hydrogens (tertiary/aromatic N) is 1. The van der Waals surface area contributed by atoms with Crippen LogP contribution in [0.25, 0.3) is 0 Å². The van der Waals surface area contributed by atoms with Crippen LogP contribution < -0.4 is 20.1 Å². The molecule has 0 bridgehead atoms. The van der Waals surface area contributed by atoms with E-state index in [1.165, 1.54) is 20.3 Å². The summed E-state index contributed by atoms with van der Waals surface area (Å²) in [6.45, 7) is 1.84. The summed E-state index contributed by atoms with van der Waals surface area (Å²) < 4.78 is 37.6. The number of methoxy groups -OCH3 is 2. The van der Waals surface area contributed by atoms with Crippen molar-refractivity contribution in [3.8, 4) is 17.6 Å². The van der Waals surface area contributed by atoms with Crippen molar-refractivity contribution in [2.24, 2.45) is 0 Å². The largest absolute Gasteiger partial charge is 0.493 e. The third-order valence-corrected chi connectivity index (χ3v) is 4.79. The minimum atomic E-state index is -3.58. The van der Waals surface area contributed by atoms with E-state index in [9.17, 15) is 18.5 Å². The van der Waals surface area contributed by atoms with Crippen molar-refractivity contribution in [2.75, 3.05) is 32.4 Å². The smallest absolute Gasteiger partial charge is 0.264 e. The number of anilines is 1. The van der Waals surface area contributed by atoms with Gasteiger partial charge in [-0.3, -0.25) is 8.98 Å². The van der Waals surface area contributed by atoms with Crippen LogP contribution in [0, 0.1) is 11.3 Å². The Hall–Kier alpha value is -3.29. The maximum atomic E-state index is 12.8. The van der Waals surface area contributed by atoms with Gasteiger partial charge in [0.1, 0.15) is 0 Å². The average Bonchev–Trinajstić information content (AvgIpc) is 2.75. The molecule has 0 fully saturated rings. The number of benzene rings is 2. The van der Waals surface area contributed by atoms with Crippen molar-refractivity contribution in [1.29, 1.82) is 5.26 Å². The van der Waals surface area contributed by atoms with Gasteiger partial charge in [-0.05, 0) is 42.8 Å². The lowest BCUT2D eigenvalue weighted by atomic mass is 10.1. The molecule has 0 radical (unpaired) electrons. The second-order valence-electron chi connectivity index (χ2n) is 6.78. The summed E-state index contributed by atoms with van der Waals surface area (Å²) in [7, 11) is -0.513. The van der Waals surface area contributed by atoms with Crippen LogP contribution in [-0.2, 0) is 20.8 Å². The molecule has 0 aliphatic carbocycles. The molecule has 9 nitrogen and oxygen atoms in total. The molecule has 10 heteroatoms. The van der Waals surface area contributed by atoms with Crippen LogP contribution in [0.3, 0.4) is 0 Å². The molecule has 0 saturated carbocycles. The van der Waals surface area contributed by atoms with Gasteiger partial charge in [0.2, 0.25) is 0 Å². The number of nitriles is 1. The van der Waals surface area contributed by atoms with Gasteiger partial charge in [0.15, 0.2) is 11.5 Å². The molecule has 1 atom stereocenters. The highest BCUT2D eigenvalue weighted by Gasteiger charge is 2.16. The lowest BCUT2D eigenvalue weighted by Gasteiger charge is -2.18. The number of amides is 1. The maximum Gasteiger partial charge on any atom is 0.264 e. The quantitative estimate of drug-likeness (QED) is 0.531. The molecule has 2 aromatic carbocycles. The van der Waals surface area contributed by atoms with Gasteiger partial charge < -0.3 is 20.1 Å². The Morgan fingerprint density at radius 3 is 2.45 bits per heavy atom. The Morgan fingerprint density at radius 2 is 1.84 bits per heavy atom. The molecule has 2 aromatic rings. The Kier molecular flexibility index (Phi) is 8.24. The zero-order valence-electron chi connectivity index (χ0n) is 17.8. The summed E-state index contributed by atoms with van der Waals surface area (Å²) in [6, 6.07) is 11.5. The Morgan fingerprint density at radius 1 is 1.13 bits per heavy atom. The fraction of sp³-hybridized carbons (Fsp3) is 0.333. The van der Waals surface area contributed by atoms with Crippen LogP contribution in [0.5, 0.6) is 11.5 Å². The van der Waals surface area contributed by atoms with Crippen LogP contribution in [0.15, 0.2) is 36.4 Å². The molecule has 166 valence electrons. The van der Waals surface area contributed by atoms with Crippen molar-refractivity contribution in [2.45, 2.75) is 19.5 Å². The highest BCUT2D eigenvalue weighted by Crippen LogP contribution is 2.27. The zero-order valence-corrected chi connectivity index (χ0v) is 18.6. The molecule has 0 spiro atoms. The van der Waals surface area contributed by atoms with Crippen LogP contribution in [0.2, 0.25) is 0 Å². The van der Waals surface area contributed by atoms with E-state index < -0.39 is 22.1 Å². The first-order valence-electron chi connectivity index (χ1n) is 9.31. The monoisotopic (exact) mass is 447 g/mol. The Labute approximate surface area is 182 Å². The summed E-state index contributed by atoms with van der Waals surface area (Å²) in [5, 5.41) is 15.1. The number of ether oxygens (including phenoxy) is 2.